The van der Waals surface area contributed by atoms with Crippen LogP contribution in [0.25, 0.3) is 11.0 Å². The maximum atomic E-state index is 10.8. The van der Waals surface area contributed by atoms with Gasteiger partial charge in [-0.2, -0.15) is 0 Å². The zero-order chi connectivity index (χ0) is 12.4. The fraction of sp³-hybridized carbons (Fsp3) is 0.333. The van der Waals surface area contributed by atoms with E-state index in [4.69, 9.17) is 11.5 Å². The number of rotatable bonds is 4. The van der Waals surface area contributed by atoms with Crippen molar-refractivity contribution in [3.63, 3.8) is 0 Å². The number of fused-ring (bicyclic) bond motifs is 1. The maximum absolute atomic E-state index is 10.8. The lowest BCUT2D eigenvalue weighted by atomic mass is 10.0. The molecule has 1 heterocycles. The van der Waals surface area contributed by atoms with Crippen LogP contribution in [0, 0.1) is 10.1 Å². The van der Waals surface area contributed by atoms with Gasteiger partial charge < -0.3 is 11.5 Å². The molecular weight excluding hydrogens is 226 g/mol. The van der Waals surface area contributed by atoms with E-state index in [1.807, 2.05) is 0 Å². The first-order valence-electron chi connectivity index (χ1n) is 5.00. The van der Waals surface area contributed by atoms with Crippen LogP contribution in [0.5, 0.6) is 0 Å². The quantitative estimate of drug-likeness (QED) is 0.583. The molecule has 0 radical (unpaired) electrons. The van der Waals surface area contributed by atoms with Gasteiger partial charge in [0.05, 0.1) is 4.92 Å². The van der Waals surface area contributed by atoms with Gasteiger partial charge in [0.25, 0.3) is 0 Å². The van der Waals surface area contributed by atoms with Crippen LogP contribution in [-0.4, -0.2) is 21.8 Å². The molecule has 4 N–H and O–H groups in total. The molecule has 1 aromatic carbocycles. The van der Waals surface area contributed by atoms with E-state index in [0.29, 0.717) is 24.0 Å². The zero-order valence-electron chi connectivity index (χ0n) is 8.87. The highest BCUT2D eigenvalue weighted by Gasteiger charge is 2.21. The highest BCUT2D eigenvalue weighted by Crippen LogP contribution is 2.28. The molecule has 0 aliphatic carbocycles. The van der Waals surface area contributed by atoms with Gasteiger partial charge in [0.1, 0.15) is 5.52 Å². The standard InChI is InChI=1S/C9H11N5O3/c10-4-3-6(11)5-1-2-7(14(15)16)9-8(5)12-17-13-9/h1-2,6H,3-4,10-11H2. The molecule has 2 aromatic rings. The second kappa shape index (κ2) is 4.44. The number of benzene rings is 1. The third kappa shape index (κ3) is 1.95. The fourth-order valence-corrected chi connectivity index (χ4v) is 1.65. The van der Waals surface area contributed by atoms with E-state index in [-0.39, 0.29) is 17.2 Å². The summed E-state index contributed by atoms with van der Waals surface area (Å²) in [6, 6.07) is 2.57. The Morgan fingerprint density at radius 3 is 2.76 bits per heavy atom. The molecule has 17 heavy (non-hydrogen) atoms. The minimum absolute atomic E-state index is 0.111. The second-order valence-electron chi connectivity index (χ2n) is 3.58. The van der Waals surface area contributed by atoms with E-state index in [9.17, 15) is 10.1 Å². The van der Waals surface area contributed by atoms with Crippen molar-refractivity contribution < 1.29 is 9.55 Å². The van der Waals surface area contributed by atoms with E-state index in [1.165, 1.54) is 6.07 Å². The minimum Gasteiger partial charge on any atom is -0.330 e. The second-order valence-corrected chi connectivity index (χ2v) is 3.58. The lowest BCUT2D eigenvalue weighted by Crippen LogP contribution is -2.15. The Labute approximate surface area is 95.7 Å². The molecule has 0 saturated heterocycles. The van der Waals surface area contributed by atoms with E-state index < -0.39 is 4.92 Å². The summed E-state index contributed by atoms with van der Waals surface area (Å²) in [6.07, 6.45) is 0.555. The SMILES string of the molecule is NCCC(N)c1ccc([N+](=O)[O-])c2nonc12. The van der Waals surface area contributed by atoms with Crippen LogP contribution in [0.3, 0.4) is 0 Å². The molecule has 0 spiro atoms. The fourth-order valence-electron chi connectivity index (χ4n) is 1.65. The summed E-state index contributed by atoms with van der Waals surface area (Å²) in [4.78, 5) is 10.2. The van der Waals surface area contributed by atoms with Crippen molar-refractivity contribution in [1.82, 2.24) is 10.3 Å². The molecule has 0 aliphatic rings. The number of non-ortho nitro benzene ring substituents is 1. The van der Waals surface area contributed by atoms with Gasteiger partial charge in [0, 0.05) is 17.7 Å². The number of hydrogen-bond donors (Lipinski definition) is 2. The first-order valence-corrected chi connectivity index (χ1v) is 5.00. The third-order valence-corrected chi connectivity index (χ3v) is 2.50. The number of aromatic nitrogens is 2. The van der Waals surface area contributed by atoms with Crippen molar-refractivity contribution in [3.8, 4) is 0 Å². The van der Waals surface area contributed by atoms with E-state index >= 15 is 0 Å². The summed E-state index contributed by atoms with van der Waals surface area (Å²) in [5.41, 5.74) is 12.2. The van der Waals surface area contributed by atoms with Crippen LogP contribution >= 0.6 is 0 Å². The van der Waals surface area contributed by atoms with Gasteiger partial charge in [0.15, 0.2) is 0 Å². The Kier molecular flexibility index (Phi) is 2.98. The number of hydrogen-bond acceptors (Lipinski definition) is 7. The third-order valence-electron chi connectivity index (χ3n) is 2.50. The molecule has 1 aromatic heterocycles. The summed E-state index contributed by atoms with van der Waals surface area (Å²) in [6.45, 7) is 0.422. The number of nitro groups is 1. The maximum Gasteiger partial charge on any atom is 0.300 e. The molecule has 0 aliphatic heterocycles. The Morgan fingerprint density at radius 2 is 2.12 bits per heavy atom. The monoisotopic (exact) mass is 237 g/mol. The molecule has 0 saturated carbocycles. The lowest BCUT2D eigenvalue weighted by molar-refractivity contribution is -0.383. The summed E-state index contributed by atoms with van der Waals surface area (Å²) in [5, 5.41) is 17.9. The van der Waals surface area contributed by atoms with Gasteiger partial charge in [-0.05, 0) is 29.3 Å². The number of nitrogens with two attached hydrogens (primary N) is 2. The first kappa shape index (κ1) is 11.4. The normalized spacial score (nSPS) is 12.8. The van der Waals surface area contributed by atoms with Gasteiger partial charge in [0.2, 0.25) is 5.52 Å². The molecule has 1 unspecified atom stereocenters. The molecular formula is C9H11N5O3. The van der Waals surface area contributed by atoms with Crippen LogP contribution < -0.4 is 11.5 Å². The summed E-state index contributed by atoms with van der Waals surface area (Å²) >= 11 is 0. The predicted molar refractivity (Wildman–Crippen MR) is 59.1 cm³/mol. The summed E-state index contributed by atoms with van der Waals surface area (Å²) in [7, 11) is 0. The van der Waals surface area contributed by atoms with Crippen LogP contribution in [0.15, 0.2) is 16.8 Å². The van der Waals surface area contributed by atoms with Crippen molar-refractivity contribution in [2.45, 2.75) is 12.5 Å². The van der Waals surface area contributed by atoms with Crippen LogP contribution in [-0.2, 0) is 0 Å². The van der Waals surface area contributed by atoms with Crippen molar-refractivity contribution >= 4 is 16.7 Å². The first-order chi connectivity index (χ1) is 8.15. The largest absolute Gasteiger partial charge is 0.330 e. The average molecular weight is 237 g/mol. The number of nitrogens with zero attached hydrogens (tertiary/aromatic N) is 3. The van der Waals surface area contributed by atoms with Gasteiger partial charge in [-0.1, -0.05) is 0 Å². The van der Waals surface area contributed by atoms with Gasteiger partial charge in [-0.25, -0.2) is 4.63 Å². The lowest BCUT2D eigenvalue weighted by Gasteiger charge is -2.09. The minimum atomic E-state index is -0.537. The zero-order valence-corrected chi connectivity index (χ0v) is 8.87. The van der Waals surface area contributed by atoms with Crippen molar-refractivity contribution in [1.29, 1.82) is 0 Å². The Balaban J connectivity index is 2.57. The van der Waals surface area contributed by atoms with Crippen LogP contribution in [0.2, 0.25) is 0 Å². The van der Waals surface area contributed by atoms with E-state index in [0.717, 1.165) is 0 Å². The van der Waals surface area contributed by atoms with Crippen molar-refractivity contribution in [2.24, 2.45) is 11.5 Å². The summed E-state index contributed by atoms with van der Waals surface area (Å²) in [5.74, 6) is 0. The van der Waals surface area contributed by atoms with Crippen molar-refractivity contribution in [3.05, 3.63) is 27.8 Å². The molecule has 1 atom stereocenters. The van der Waals surface area contributed by atoms with E-state index in [1.54, 1.807) is 6.07 Å². The van der Waals surface area contributed by atoms with Crippen LogP contribution in [0.4, 0.5) is 5.69 Å². The van der Waals surface area contributed by atoms with Gasteiger partial charge in [-0.3, -0.25) is 10.1 Å². The molecule has 0 fully saturated rings. The Hall–Kier alpha value is -2.06. The van der Waals surface area contributed by atoms with Crippen molar-refractivity contribution in [2.75, 3.05) is 6.54 Å². The Bertz CT molecular complexity index is 553. The predicted octanol–water partition coefficient (Wildman–Crippen LogP) is 0.480. The molecule has 8 heteroatoms. The van der Waals surface area contributed by atoms with E-state index in [2.05, 4.69) is 14.9 Å². The van der Waals surface area contributed by atoms with Gasteiger partial charge >= 0.3 is 5.69 Å². The number of nitro benzene ring substituents is 1. The molecule has 0 bridgehead atoms. The molecule has 0 amide bonds. The highest BCUT2D eigenvalue weighted by molar-refractivity contribution is 5.86. The highest BCUT2D eigenvalue weighted by atomic mass is 16.6. The molecule has 2 rings (SSSR count). The average Bonchev–Trinajstić information content (AvgIpc) is 2.76. The topological polar surface area (TPSA) is 134 Å². The molecule has 90 valence electrons. The molecule has 8 nitrogen and oxygen atoms in total. The smallest absolute Gasteiger partial charge is 0.300 e. The van der Waals surface area contributed by atoms with Gasteiger partial charge in [-0.15, -0.1) is 0 Å². The van der Waals surface area contributed by atoms with Crippen LogP contribution in [0.1, 0.15) is 18.0 Å². The Morgan fingerprint density at radius 1 is 1.41 bits per heavy atom. The summed E-state index contributed by atoms with van der Waals surface area (Å²) < 4.78 is 4.53.